The van der Waals surface area contributed by atoms with Gasteiger partial charge in [-0.05, 0) is 6.92 Å². The summed E-state index contributed by atoms with van der Waals surface area (Å²) in [5.41, 5.74) is -1.24. The molecule has 0 unspecified atom stereocenters. The Bertz CT molecular complexity index is 807. The van der Waals surface area contributed by atoms with Crippen molar-refractivity contribution < 1.29 is 23.8 Å². The van der Waals surface area contributed by atoms with Crippen molar-refractivity contribution in [2.24, 2.45) is 0 Å². The van der Waals surface area contributed by atoms with Crippen molar-refractivity contribution in [1.29, 1.82) is 0 Å². The first-order chi connectivity index (χ1) is 10.8. The van der Waals surface area contributed by atoms with Crippen LogP contribution in [0.5, 0.6) is 0 Å². The Balaban J connectivity index is 2.90. The number of nitro benzene ring substituents is 2. The Morgan fingerprint density at radius 2 is 1.91 bits per heavy atom. The molecule has 0 saturated carbocycles. The predicted octanol–water partition coefficient (Wildman–Crippen LogP) is 3.55. The van der Waals surface area contributed by atoms with E-state index in [4.69, 9.17) is 9.15 Å². The van der Waals surface area contributed by atoms with Gasteiger partial charge in [-0.25, -0.2) is 4.79 Å². The Labute approximate surface area is 130 Å². The van der Waals surface area contributed by atoms with Crippen LogP contribution < -0.4 is 0 Å². The van der Waals surface area contributed by atoms with Gasteiger partial charge in [-0.15, -0.1) is 0 Å². The minimum absolute atomic E-state index is 0.00745. The summed E-state index contributed by atoms with van der Waals surface area (Å²) in [5.74, 6) is -0.799. The van der Waals surface area contributed by atoms with Crippen LogP contribution in [0, 0.1) is 20.2 Å². The normalized spacial score (nSPS) is 11.0. The molecule has 0 amide bonds. The van der Waals surface area contributed by atoms with Crippen LogP contribution in [0.2, 0.25) is 0 Å². The minimum atomic E-state index is -0.780. The van der Waals surface area contributed by atoms with E-state index < -0.39 is 27.2 Å². The Kier molecular flexibility index (Phi) is 4.30. The van der Waals surface area contributed by atoms with Gasteiger partial charge in [-0.1, -0.05) is 13.8 Å². The average molecular weight is 322 g/mol. The van der Waals surface area contributed by atoms with E-state index in [2.05, 4.69) is 0 Å². The van der Waals surface area contributed by atoms with Crippen molar-refractivity contribution in [3.8, 4) is 0 Å². The Hall–Kier alpha value is -2.97. The zero-order chi connectivity index (χ0) is 17.3. The largest absolute Gasteiger partial charge is 0.462 e. The highest BCUT2D eigenvalue weighted by Crippen LogP contribution is 2.39. The third kappa shape index (κ3) is 2.85. The van der Waals surface area contributed by atoms with Crippen molar-refractivity contribution in [1.82, 2.24) is 0 Å². The lowest BCUT2D eigenvalue weighted by molar-refractivity contribution is -0.393. The molecule has 9 heteroatoms. The van der Waals surface area contributed by atoms with E-state index in [1.165, 1.54) is 0 Å². The maximum Gasteiger partial charge on any atom is 0.342 e. The van der Waals surface area contributed by atoms with Crippen molar-refractivity contribution in [3.05, 3.63) is 43.7 Å². The number of carbonyl (C=O) groups is 1. The highest BCUT2D eigenvalue weighted by molar-refractivity contribution is 6.07. The van der Waals surface area contributed by atoms with Gasteiger partial charge < -0.3 is 9.15 Å². The third-order valence-electron chi connectivity index (χ3n) is 3.19. The second kappa shape index (κ2) is 6.03. The SMILES string of the molecule is CCOC(=O)c1c(C(C)C)oc2c([N+](=O)[O-])cc([N+](=O)[O-])cc12. The fraction of sp³-hybridized carbons (Fsp3) is 0.357. The smallest absolute Gasteiger partial charge is 0.342 e. The van der Waals surface area contributed by atoms with E-state index in [-0.39, 0.29) is 34.8 Å². The third-order valence-corrected chi connectivity index (χ3v) is 3.19. The van der Waals surface area contributed by atoms with Gasteiger partial charge >= 0.3 is 11.7 Å². The van der Waals surface area contributed by atoms with E-state index in [1.807, 2.05) is 0 Å². The number of nitrogens with zero attached hydrogens (tertiary/aromatic N) is 2. The lowest BCUT2D eigenvalue weighted by Gasteiger charge is -2.05. The summed E-state index contributed by atoms with van der Waals surface area (Å²) in [5, 5.41) is 22.2. The van der Waals surface area contributed by atoms with E-state index in [1.54, 1.807) is 20.8 Å². The molecule has 0 aliphatic heterocycles. The van der Waals surface area contributed by atoms with E-state index in [9.17, 15) is 25.0 Å². The number of non-ortho nitro benzene ring substituents is 2. The summed E-state index contributed by atoms with van der Waals surface area (Å²) in [4.78, 5) is 32.8. The number of hydrogen-bond acceptors (Lipinski definition) is 7. The van der Waals surface area contributed by atoms with Crippen molar-refractivity contribution in [3.63, 3.8) is 0 Å². The van der Waals surface area contributed by atoms with E-state index >= 15 is 0 Å². The number of hydrogen-bond donors (Lipinski definition) is 0. The molecule has 2 aromatic rings. The molecule has 1 aromatic heterocycles. The molecule has 0 atom stereocenters. The number of benzene rings is 1. The molecule has 0 aliphatic carbocycles. The van der Waals surface area contributed by atoms with Crippen LogP contribution in [0.1, 0.15) is 42.8 Å². The standard InChI is InChI=1S/C14H14N2O7/c1-4-22-14(17)11-9-5-8(15(18)19)6-10(16(20)21)13(9)23-12(11)7(2)3/h5-7H,4H2,1-3H3. The molecule has 0 aliphatic rings. The summed E-state index contributed by atoms with van der Waals surface area (Å²) < 4.78 is 10.4. The fourth-order valence-corrected chi connectivity index (χ4v) is 2.25. The molecule has 1 heterocycles. The molecule has 0 fully saturated rings. The molecule has 9 nitrogen and oxygen atoms in total. The van der Waals surface area contributed by atoms with Crippen molar-refractivity contribution >= 4 is 28.3 Å². The number of rotatable bonds is 5. The lowest BCUT2D eigenvalue weighted by atomic mass is 10.0. The molecule has 0 N–H and O–H groups in total. The number of fused-ring (bicyclic) bond motifs is 1. The van der Waals surface area contributed by atoms with Gasteiger partial charge in [-0.2, -0.15) is 0 Å². The Morgan fingerprint density at radius 3 is 2.39 bits per heavy atom. The topological polar surface area (TPSA) is 126 Å². The van der Waals surface area contributed by atoms with Gasteiger partial charge in [0.1, 0.15) is 11.3 Å². The molecule has 1 aromatic carbocycles. The molecule has 0 radical (unpaired) electrons. The van der Waals surface area contributed by atoms with Crippen molar-refractivity contribution in [2.45, 2.75) is 26.7 Å². The molecule has 122 valence electrons. The predicted molar refractivity (Wildman–Crippen MR) is 79.6 cm³/mol. The molecule has 0 spiro atoms. The van der Waals surface area contributed by atoms with Crippen molar-refractivity contribution in [2.75, 3.05) is 6.61 Å². The van der Waals surface area contributed by atoms with Crippen LogP contribution >= 0.6 is 0 Å². The van der Waals surface area contributed by atoms with Gasteiger partial charge in [-0.3, -0.25) is 20.2 Å². The minimum Gasteiger partial charge on any atom is -0.462 e. The molecular weight excluding hydrogens is 308 g/mol. The van der Waals surface area contributed by atoms with Gasteiger partial charge in [0.25, 0.3) is 5.69 Å². The van der Waals surface area contributed by atoms with Gasteiger partial charge in [0.15, 0.2) is 0 Å². The van der Waals surface area contributed by atoms with Crippen LogP contribution in [0.25, 0.3) is 11.0 Å². The molecule has 2 rings (SSSR count). The van der Waals surface area contributed by atoms with Gasteiger partial charge in [0, 0.05) is 17.4 Å². The maximum atomic E-state index is 12.2. The summed E-state index contributed by atoms with van der Waals surface area (Å²) in [6, 6.07) is 1.90. The summed E-state index contributed by atoms with van der Waals surface area (Å²) in [6.45, 7) is 5.18. The molecule has 0 saturated heterocycles. The average Bonchev–Trinajstić information content (AvgIpc) is 2.85. The molecule has 0 bridgehead atoms. The fourth-order valence-electron chi connectivity index (χ4n) is 2.25. The highest BCUT2D eigenvalue weighted by atomic mass is 16.6. The summed E-state index contributed by atoms with van der Waals surface area (Å²) in [7, 11) is 0. The lowest BCUT2D eigenvalue weighted by Crippen LogP contribution is -2.07. The molecular formula is C14H14N2O7. The zero-order valence-electron chi connectivity index (χ0n) is 12.7. The van der Waals surface area contributed by atoms with Gasteiger partial charge in [0.05, 0.1) is 22.5 Å². The summed E-state index contributed by atoms with van der Waals surface area (Å²) in [6.07, 6.45) is 0. The van der Waals surface area contributed by atoms with Crippen LogP contribution in [0.4, 0.5) is 11.4 Å². The number of carbonyl (C=O) groups excluding carboxylic acids is 1. The number of nitro groups is 2. The second-order valence-electron chi connectivity index (χ2n) is 5.07. The van der Waals surface area contributed by atoms with Crippen LogP contribution in [-0.4, -0.2) is 22.4 Å². The number of ether oxygens (including phenoxy) is 1. The highest BCUT2D eigenvalue weighted by Gasteiger charge is 2.31. The van der Waals surface area contributed by atoms with Crippen LogP contribution in [0.15, 0.2) is 16.5 Å². The monoisotopic (exact) mass is 322 g/mol. The van der Waals surface area contributed by atoms with E-state index in [0.717, 1.165) is 12.1 Å². The summed E-state index contributed by atoms with van der Waals surface area (Å²) >= 11 is 0. The number of esters is 1. The first kappa shape index (κ1) is 16.4. The maximum absolute atomic E-state index is 12.2. The Morgan fingerprint density at radius 1 is 1.26 bits per heavy atom. The number of furan rings is 1. The van der Waals surface area contributed by atoms with Gasteiger partial charge in [0.2, 0.25) is 5.58 Å². The van der Waals surface area contributed by atoms with Crippen LogP contribution in [0.3, 0.4) is 0 Å². The zero-order valence-corrected chi connectivity index (χ0v) is 12.7. The first-order valence-corrected chi connectivity index (χ1v) is 6.84. The van der Waals surface area contributed by atoms with E-state index in [0.29, 0.717) is 0 Å². The molecule has 23 heavy (non-hydrogen) atoms. The first-order valence-electron chi connectivity index (χ1n) is 6.84. The van der Waals surface area contributed by atoms with Crippen LogP contribution in [-0.2, 0) is 4.74 Å². The second-order valence-corrected chi connectivity index (χ2v) is 5.07. The quantitative estimate of drug-likeness (QED) is 0.468.